The molecule has 0 spiro atoms. The predicted molar refractivity (Wildman–Crippen MR) is 85.2 cm³/mol. The van der Waals surface area contributed by atoms with Gasteiger partial charge in [-0.3, -0.25) is 0 Å². The number of carboxylic acid groups (broad SMARTS) is 1. The summed E-state index contributed by atoms with van der Waals surface area (Å²) in [5, 5.41) is 14.7. The van der Waals surface area contributed by atoms with Crippen LogP contribution in [0.4, 0.5) is 5.82 Å². The van der Waals surface area contributed by atoms with Crippen LogP contribution in [0.1, 0.15) is 29.3 Å². The highest BCUT2D eigenvalue weighted by atomic mass is 35.5. The molecule has 21 heavy (non-hydrogen) atoms. The van der Waals surface area contributed by atoms with Crippen LogP contribution in [0.2, 0.25) is 5.02 Å². The lowest BCUT2D eigenvalue weighted by molar-refractivity contribution is 0.0694. The standard InChI is InChI=1S/C14H16ClN3O2S/c1-2-7-21-13-11(14(19)20)12(16)18(17-13)8-9-5-3-4-6-10(9)15/h3-6H,2,7-8,16H2,1H3,(H,19,20). The third kappa shape index (κ3) is 3.51. The average Bonchev–Trinajstić information content (AvgIpc) is 2.75. The van der Waals surface area contributed by atoms with Gasteiger partial charge in [-0.05, 0) is 23.8 Å². The molecule has 1 aromatic heterocycles. The van der Waals surface area contributed by atoms with E-state index in [1.807, 2.05) is 25.1 Å². The molecule has 0 aliphatic heterocycles. The fourth-order valence-electron chi connectivity index (χ4n) is 1.86. The molecule has 3 N–H and O–H groups in total. The van der Waals surface area contributed by atoms with Gasteiger partial charge in [-0.15, -0.1) is 11.8 Å². The first kappa shape index (κ1) is 15.7. The Morgan fingerprint density at radius 3 is 2.81 bits per heavy atom. The zero-order chi connectivity index (χ0) is 15.4. The van der Waals surface area contributed by atoms with Crippen LogP contribution in [0.3, 0.4) is 0 Å². The highest BCUT2D eigenvalue weighted by molar-refractivity contribution is 7.99. The van der Waals surface area contributed by atoms with Gasteiger partial charge < -0.3 is 10.8 Å². The number of rotatable bonds is 6. The summed E-state index contributed by atoms with van der Waals surface area (Å²) in [7, 11) is 0. The van der Waals surface area contributed by atoms with Gasteiger partial charge in [0.25, 0.3) is 0 Å². The Morgan fingerprint density at radius 2 is 2.19 bits per heavy atom. The summed E-state index contributed by atoms with van der Waals surface area (Å²) in [5.74, 6) is -0.111. The molecule has 0 saturated heterocycles. The lowest BCUT2D eigenvalue weighted by Gasteiger charge is -2.06. The number of hydrogen-bond donors (Lipinski definition) is 2. The number of carbonyl (C=O) groups is 1. The molecule has 1 aromatic carbocycles. The van der Waals surface area contributed by atoms with E-state index >= 15 is 0 Å². The fraction of sp³-hybridized carbons (Fsp3) is 0.286. The Balaban J connectivity index is 2.36. The van der Waals surface area contributed by atoms with Crippen LogP contribution in [-0.2, 0) is 6.54 Å². The average molecular weight is 326 g/mol. The van der Waals surface area contributed by atoms with Crippen LogP contribution in [0, 0.1) is 0 Å². The molecule has 2 rings (SSSR count). The van der Waals surface area contributed by atoms with E-state index in [0.717, 1.165) is 17.7 Å². The summed E-state index contributed by atoms with van der Waals surface area (Å²) in [4.78, 5) is 11.4. The normalized spacial score (nSPS) is 10.8. The third-order valence-corrected chi connectivity index (χ3v) is 4.43. The van der Waals surface area contributed by atoms with E-state index in [2.05, 4.69) is 5.10 Å². The molecule has 0 aliphatic carbocycles. The van der Waals surface area contributed by atoms with Gasteiger partial charge in [0.1, 0.15) is 16.4 Å². The van der Waals surface area contributed by atoms with Crippen LogP contribution in [0.25, 0.3) is 0 Å². The molecule has 0 aliphatic rings. The van der Waals surface area contributed by atoms with Crippen LogP contribution in [0.5, 0.6) is 0 Å². The smallest absolute Gasteiger partial charge is 0.342 e. The summed E-state index contributed by atoms with van der Waals surface area (Å²) in [6, 6.07) is 7.35. The third-order valence-electron chi connectivity index (χ3n) is 2.89. The van der Waals surface area contributed by atoms with E-state index < -0.39 is 5.97 Å². The molecule has 0 bridgehead atoms. The second-order valence-corrected chi connectivity index (χ2v) is 5.96. The lowest BCUT2D eigenvalue weighted by Crippen LogP contribution is -2.08. The number of nitrogen functional groups attached to an aromatic ring is 1. The number of hydrogen-bond acceptors (Lipinski definition) is 4. The Bertz CT molecular complexity index is 658. The predicted octanol–water partition coefficient (Wildman–Crippen LogP) is 3.37. The molecule has 5 nitrogen and oxygen atoms in total. The topological polar surface area (TPSA) is 81.1 Å². The molecule has 0 radical (unpaired) electrons. The summed E-state index contributed by atoms with van der Waals surface area (Å²) in [6.45, 7) is 2.37. The molecule has 0 saturated carbocycles. The minimum Gasteiger partial charge on any atom is -0.477 e. The zero-order valence-electron chi connectivity index (χ0n) is 11.5. The molecule has 7 heteroatoms. The highest BCUT2D eigenvalue weighted by Gasteiger charge is 2.22. The van der Waals surface area contributed by atoms with Gasteiger partial charge in [-0.25, -0.2) is 9.48 Å². The SMILES string of the molecule is CCCSc1nn(Cc2ccccc2Cl)c(N)c1C(=O)O. The number of benzene rings is 1. The molecule has 2 aromatic rings. The van der Waals surface area contributed by atoms with Crippen LogP contribution >= 0.6 is 23.4 Å². The highest BCUT2D eigenvalue weighted by Crippen LogP contribution is 2.28. The lowest BCUT2D eigenvalue weighted by atomic mass is 10.2. The van der Waals surface area contributed by atoms with Crippen LogP contribution < -0.4 is 5.73 Å². The number of carboxylic acids is 1. The van der Waals surface area contributed by atoms with Gasteiger partial charge in [0.2, 0.25) is 0 Å². The van der Waals surface area contributed by atoms with E-state index in [1.54, 1.807) is 6.07 Å². The first-order valence-corrected chi connectivity index (χ1v) is 7.86. The van der Waals surface area contributed by atoms with Crippen molar-refractivity contribution in [3.63, 3.8) is 0 Å². The number of thioether (sulfide) groups is 1. The molecule has 0 unspecified atom stereocenters. The number of anilines is 1. The molecule has 0 atom stereocenters. The number of nitrogens with zero attached hydrogens (tertiary/aromatic N) is 2. The van der Waals surface area contributed by atoms with Crippen molar-refractivity contribution in [1.82, 2.24) is 9.78 Å². The molecule has 0 amide bonds. The van der Waals surface area contributed by atoms with Crippen LogP contribution in [-0.4, -0.2) is 26.6 Å². The quantitative estimate of drug-likeness (QED) is 0.796. The Labute approximate surface area is 132 Å². The Morgan fingerprint density at radius 1 is 1.48 bits per heavy atom. The molecule has 1 heterocycles. The van der Waals surface area contributed by atoms with Crippen molar-refractivity contribution in [2.75, 3.05) is 11.5 Å². The summed E-state index contributed by atoms with van der Waals surface area (Å²) >= 11 is 7.52. The first-order valence-electron chi connectivity index (χ1n) is 6.50. The fourth-order valence-corrected chi connectivity index (χ4v) is 2.95. The van der Waals surface area contributed by atoms with Gasteiger partial charge >= 0.3 is 5.97 Å². The van der Waals surface area contributed by atoms with Crippen molar-refractivity contribution < 1.29 is 9.90 Å². The maximum atomic E-state index is 11.4. The Hall–Kier alpha value is -1.66. The van der Waals surface area contributed by atoms with Gasteiger partial charge in [-0.2, -0.15) is 5.10 Å². The van der Waals surface area contributed by atoms with Gasteiger partial charge in [-0.1, -0.05) is 36.7 Å². The molecule has 0 fully saturated rings. The van der Waals surface area contributed by atoms with Crippen molar-refractivity contribution >= 4 is 35.1 Å². The minimum absolute atomic E-state index is 0.0699. The van der Waals surface area contributed by atoms with E-state index in [4.69, 9.17) is 17.3 Å². The molecular weight excluding hydrogens is 310 g/mol. The number of nitrogens with two attached hydrogens (primary N) is 1. The first-order chi connectivity index (χ1) is 10.0. The van der Waals surface area contributed by atoms with Crippen molar-refractivity contribution in [1.29, 1.82) is 0 Å². The van der Waals surface area contributed by atoms with E-state index in [-0.39, 0.29) is 11.4 Å². The van der Waals surface area contributed by atoms with Crippen molar-refractivity contribution in [3.8, 4) is 0 Å². The molecular formula is C14H16ClN3O2S. The summed E-state index contributed by atoms with van der Waals surface area (Å²) in [5.41, 5.74) is 6.85. The van der Waals surface area contributed by atoms with E-state index in [0.29, 0.717) is 16.6 Å². The van der Waals surface area contributed by atoms with Gasteiger partial charge in [0.05, 0.1) is 6.54 Å². The summed E-state index contributed by atoms with van der Waals surface area (Å²) < 4.78 is 1.49. The monoisotopic (exact) mass is 325 g/mol. The second kappa shape index (κ2) is 6.87. The van der Waals surface area contributed by atoms with Gasteiger partial charge in [0, 0.05) is 5.02 Å². The van der Waals surface area contributed by atoms with Crippen molar-refractivity contribution in [2.45, 2.75) is 24.9 Å². The van der Waals surface area contributed by atoms with Crippen molar-refractivity contribution in [3.05, 3.63) is 40.4 Å². The maximum absolute atomic E-state index is 11.4. The maximum Gasteiger partial charge on any atom is 0.342 e. The number of halogens is 1. The van der Waals surface area contributed by atoms with Gasteiger partial charge in [0.15, 0.2) is 0 Å². The summed E-state index contributed by atoms with van der Waals surface area (Å²) in [6.07, 6.45) is 0.932. The minimum atomic E-state index is -1.06. The van der Waals surface area contributed by atoms with E-state index in [9.17, 15) is 9.90 Å². The zero-order valence-corrected chi connectivity index (χ0v) is 13.1. The van der Waals surface area contributed by atoms with Crippen LogP contribution in [0.15, 0.2) is 29.3 Å². The number of aromatic carboxylic acids is 1. The second-order valence-electron chi connectivity index (χ2n) is 4.47. The largest absolute Gasteiger partial charge is 0.477 e. The molecule has 112 valence electrons. The Kier molecular flexibility index (Phi) is 5.14. The van der Waals surface area contributed by atoms with Crippen molar-refractivity contribution in [2.24, 2.45) is 0 Å². The van der Waals surface area contributed by atoms with E-state index in [1.165, 1.54) is 16.4 Å². The number of aromatic nitrogens is 2.